The number of nitrogens with zero attached hydrogens (tertiary/aromatic N) is 8. The van der Waals surface area contributed by atoms with Gasteiger partial charge in [-0.3, -0.25) is 4.98 Å². The zero-order valence-electron chi connectivity index (χ0n) is 19.7. The highest BCUT2D eigenvalue weighted by molar-refractivity contribution is 5.64. The molecular formula is C26H29N9. The van der Waals surface area contributed by atoms with Crippen LogP contribution in [0.1, 0.15) is 43.4 Å². The Bertz CT molecular complexity index is 1360. The molecule has 2 fully saturated rings. The van der Waals surface area contributed by atoms with Gasteiger partial charge in [-0.05, 0) is 55.8 Å². The fourth-order valence-corrected chi connectivity index (χ4v) is 5.00. The van der Waals surface area contributed by atoms with Crippen LogP contribution in [0, 0.1) is 17.2 Å². The van der Waals surface area contributed by atoms with Crippen LogP contribution in [0.4, 0.5) is 5.69 Å². The second kappa shape index (κ2) is 9.47. The van der Waals surface area contributed by atoms with E-state index in [1.54, 1.807) is 10.9 Å². The normalized spacial score (nSPS) is 18.1. The van der Waals surface area contributed by atoms with E-state index < -0.39 is 0 Å². The molecule has 0 aromatic carbocycles. The lowest BCUT2D eigenvalue weighted by Crippen LogP contribution is -2.27. The number of hydrogen-bond acceptors (Lipinski definition) is 7. The van der Waals surface area contributed by atoms with Crippen LogP contribution < -0.4 is 10.2 Å². The third-order valence-electron chi connectivity index (χ3n) is 7.16. The van der Waals surface area contributed by atoms with E-state index in [0.29, 0.717) is 6.54 Å². The highest BCUT2D eigenvalue weighted by Gasteiger charge is 2.25. The number of nitrogens with one attached hydrogen (secondary N) is 1. The topological polar surface area (TPSA) is 100.0 Å². The largest absolute Gasteiger partial charge is 0.354 e. The van der Waals surface area contributed by atoms with Crippen LogP contribution in [0.5, 0.6) is 0 Å². The van der Waals surface area contributed by atoms with Crippen LogP contribution in [0.25, 0.3) is 16.9 Å². The van der Waals surface area contributed by atoms with Crippen LogP contribution in [-0.4, -0.2) is 48.5 Å². The predicted octanol–water partition coefficient (Wildman–Crippen LogP) is 3.42. The molecule has 9 nitrogen and oxygen atoms in total. The van der Waals surface area contributed by atoms with Gasteiger partial charge in [-0.1, -0.05) is 17.7 Å². The van der Waals surface area contributed by atoms with Crippen LogP contribution in [0.3, 0.4) is 0 Å². The maximum Gasteiger partial charge on any atom is 0.137 e. The molecule has 1 N–H and O–H groups in total. The van der Waals surface area contributed by atoms with Crippen LogP contribution in [0.2, 0.25) is 0 Å². The summed E-state index contributed by atoms with van der Waals surface area (Å²) in [6.07, 6.45) is 15.8. The van der Waals surface area contributed by atoms with Gasteiger partial charge in [-0.25, -0.2) is 9.67 Å². The van der Waals surface area contributed by atoms with Gasteiger partial charge in [0.1, 0.15) is 17.4 Å². The average molecular weight is 468 g/mol. The average Bonchev–Trinajstić information content (AvgIpc) is 3.60. The van der Waals surface area contributed by atoms with Crippen molar-refractivity contribution in [1.29, 1.82) is 5.26 Å². The summed E-state index contributed by atoms with van der Waals surface area (Å²) < 4.78 is 3.89. The SMILES string of the molecule is N#CC1CCCN1c1cncc(-c2cn(Cc3cn4cc(CNCC5CCC5)ccc4n3)nn2)c1. The first-order valence-corrected chi connectivity index (χ1v) is 12.4. The standard InChI is InChI=1S/C26H29N9/c27-10-23-5-2-8-35(23)24-9-21(13-29-14-24)25-18-34(32-31-25)17-22-16-33-15-20(6-7-26(33)30-22)12-28-11-19-3-1-4-19/h6-7,9,13-16,18-19,23,28H,1-5,8,11-12,17H2. The number of nitriles is 1. The van der Waals surface area contributed by atoms with E-state index in [-0.39, 0.29) is 6.04 Å². The number of anilines is 1. The van der Waals surface area contributed by atoms with E-state index >= 15 is 0 Å². The minimum absolute atomic E-state index is 0.0863. The van der Waals surface area contributed by atoms with Gasteiger partial charge in [-0.15, -0.1) is 5.10 Å². The molecule has 4 aromatic rings. The summed E-state index contributed by atoms with van der Waals surface area (Å²) in [5.74, 6) is 0.860. The first-order valence-electron chi connectivity index (χ1n) is 12.4. The molecule has 1 saturated heterocycles. The molecule has 2 aliphatic rings. The zero-order chi connectivity index (χ0) is 23.6. The van der Waals surface area contributed by atoms with E-state index in [4.69, 9.17) is 4.98 Å². The van der Waals surface area contributed by atoms with Crippen LogP contribution in [-0.2, 0) is 13.1 Å². The van der Waals surface area contributed by atoms with E-state index in [1.165, 1.54) is 24.8 Å². The summed E-state index contributed by atoms with van der Waals surface area (Å²) in [4.78, 5) is 11.3. The lowest BCUT2D eigenvalue weighted by atomic mass is 9.85. The third-order valence-corrected chi connectivity index (χ3v) is 7.16. The Hall–Kier alpha value is -3.77. The van der Waals surface area contributed by atoms with Crippen molar-refractivity contribution in [3.63, 3.8) is 0 Å². The number of imidazole rings is 1. The first kappa shape index (κ1) is 21.7. The van der Waals surface area contributed by atoms with Crippen LogP contribution in [0.15, 0.2) is 49.2 Å². The predicted molar refractivity (Wildman–Crippen MR) is 133 cm³/mol. The first-order chi connectivity index (χ1) is 17.2. The molecule has 1 saturated carbocycles. The number of hydrogen-bond donors (Lipinski definition) is 1. The summed E-state index contributed by atoms with van der Waals surface area (Å²) >= 11 is 0. The molecule has 4 aromatic heterocycles. The van der Waals surface area contributed by atoms with Crippen molar-refractivity contribution < 1.29 is 0 Å². The van der Waals surface area contributed by atoms with Crippen molar-refractivity contribution in [1.82, 2.24) is 34.7 Å². The Morgan fingerprint density at radius 2 is 2.03 bits per heavy atom. The minimum atomic E-state index is -0.0863. The van der Waals surface area contributed by atoms with Gasteiger partial charge < -0.3 is 14.6 Å². The second-order valence-corrected chi connectivity index (χ2v) is 9.68. The smallest absolute Gasteiger partial charge is 0.137 e. The monoisotopic (exact) mass is 467 g/mol. The maximum atomic E-state index is 9.42. The van der Waals surface area contributed by atoms with Crippen molar-refractivity contribution >= 4 is 11.3 Å². The summed E-state index contributed by atoms with van der Waals surface area (Å²) in [6.45, 7) is 3.41. The number of pyridine rings is 2. The highest BCUT2D eigenvalue weighted by atomic mass is 15.4. The quantitative estimate of drug-likeness (QED) is 0.424. The molecule has 6 rings (SSSR count). The van der Waals surface area contributed by atoms with Gasteiger partial charge in [0.25, 0.3) is 0 Å². The Morgan fingerprint density at radius 1 is 1.09 bits per heavy atom. The maximum absolute atomic E-state index is 9.42. The molecule has 9 heteroatoms. The van der Waals surface area contributed by atoms with Gasteiger partial charge >= 0.3 is 0 Å². The lowest BCUT2D eigenvalue weighted by molar-refractivity contribution is 0.301. The number of fused-ring (bicyclic) bond motifs is 1. The summed E-state index contributed by atoms with van der Waals surface area (Å²) in [5.41, 5.74) is 5.73. The molecule has 1 aliphatic heterocycles. The van der Waals surface area contributed by atoms with Crippen LogP contribution >= 0.6 is 0 Å². The number of rotatable bonds is 8. The minimum Gasteiger partial charge on any atom is -0.354 e. The molecule has 0 radical (unpaired) electrons. The molecule has 0 spiro atoms. The van der Waals surface area contributed by atoms with E-state index in [0.717, 1.165) is 66.7 Å². The van der Waals surface area contributed by atoms with E-state index in [1.807, 2.05) is 18.5 Å². The van der Waals surface area contributed by atoms with Gasteiger partial charge in [0, 0.05) is 37.2 Å². The van der Waals surface area contributed by atoms with Gasteiger partial charge in [0.15, 0.2) is 0 Å². The van der Waals surface area contributed by atoms with Crippen molar-refractivity contribution in [2.45, 2.75) is 51.2 Å². The van der Waals surface area contributed by atoms with Crippen molar-refractivity contribution in [3.05, 3.63) is 60.4 Å². The molecule has 178 valence electrons. The van der Waals surface area contributed by atoms with Gasteiger partial charge in [-0.2, -0.15) is 5.26 Å². The molecule has 0 bridgehead atoms. The Morgan fingerprint density at radius 3 is 2.89 bits per heavy atom. The fraction of sp³-hybridized carbons (Fsp3) is 0.423. The van der Waals surface area contributed by atoms with E-state index in [9.17, 15) is 5.26 Å². The molecule has 0 amide bonds. The summed E-state index contributed by atoms with van der Waals surface area (Å²) in [7, 11) is 0. The second-order valence-electron chi connectivity index (χ2n) is 9.68. The van der Waals surface area contributed by atoms with Gasteiger partial charge in [0.2, 0.25) is 0 Å². The van der Waals surface area contributed by atoms with Crippen molar-refractivity contribution in [3.8, 4) is 17.3 Å². The summed E-state index contributed by atoms with van der Waals surface area (Å²) in [5, 5.41) is 21.7. The molecule has 5 heterocycles. The fourth-order valence-electron chi connectivity index (χ4n) is 5.00. The lowest BCUT2D eigenvalue weighted by Gasteiger charge is -2.25. The highest BCUT2D eigenvalue weighted by Crippen LogP contribution is 2.28. The Kier molecular flexibility index (Phi) is 5.88. The Labute approximate surface area is 204 Å². The molecule has 35 heavy (non-hydrogen) atoms. The molecule has 1 unspecified atom stereocenters. The molecular weight excluding hydrogens is 438 g/mol. The molecule has 1 atom stereocenters. The van der Waals surface area contributed by atoms with Crippen molar-refractivity contribution in [2.75, 3.05) is 18.0 Å². The summed E-state index contributed by atoms with van der Waals surface area (Å²) in [6, 6.07) is 8.56. The number of aromatic nitrogens is 6. The van der Waals surface area contributed by atoms with Gasteiger partial charge in [0.05, 0.1) is 36.4 Å². The Balaban J connectivity index is 1.13. The zero-order valence-corrected chi connectivity index (χ0v) is 19.7. The van der Waals surface area contributed by atoms with E-state index in [2.05, 4.69) is 60.5 Å². The van der Waals surface area contributed by atoms with Crippen molar-refractivity contribution in [2.24, 2.45) is 5.92 Å². The third kappa shape index (κ3) is 4.62. The molecule has 1 aliphatic carbocycles.